The summed E-state index contributed by atoms with van der Waals surface area (Å²) in [6.07, 6.45) is 5.58. The highest BCUT2D eigenvalue weighted by molar-refractivity contribution is 7.80. The van der Waals surface area contributed by atoms with Crippen LogP contribution in [-0.4, -0.2) is 5.75 Å². The van der Waals surface area contributed by atoms with Gasteiger partial charge in [0.2, 0.25) is 0 Å². The van der Waals surface area contributed by atoms with Crippen molar-refractivity contribution >= 4 is 18.7 Å². The van der Waals surface area contributed by atoms with Crippen molar-refractivity contribution in [3.05, 3.63) is 41.5 Å². The second-order valence-electron chi connectivity index (χ2n) is 2.95. The zero-order chi connectivity index (χ0) is 10.2. The van der Waals surface area contributed by atoms with Crippen LogP contribution >= 0.6 is 12.6 Å². The summed E-state index contributed by atoms with van der Waals surface area (Å²) in [6.45, 7) is 0. The van der Waals surface area contributed by atoms with Crippen molar-refractivity contribution in [2.24, 2.45) is 0 Å². The third kappa shape index (κ3) is 3.27. The van der Waals surface area contributed by atoms with E-state index in [1.807, 2.05) is 24.3 Å². The van der Waals surface area contributed by atoms with E-state index in [2.05, 4.69) is 30.9 Å². The molecule has 0 radical (unpaired) electrons. The number of hydrogen-bond donors (Lipinski definition) is 1. The highest BCUT2D eigenvalue weighted by Gasteiger charge is 1.96. The lowest BCUT2D eigenvalue weighted by molar-refractivity contribution is 1.24. The first kappa shape index (κ1) is 10.9. The summed E-state index contributed by atoms with van der Waals surface area (Å²) in [5, 5.41) is 8.63. The summed E-state index contributed by atoms with van der Waals surface area (Å²) in [6, 6.07) is 10.1. The largest absolute Gasteiger partial charge is 0.198 e. The molecule has 0 unspecified atom stereocenters. The Labute approximate surface area is 90.5 Å². The van der Waals surface area contributed by atoms with Crippen molar-refractivity contribution in [3.63, 3.8) is 0 Å². The molecule has 1 aromatic carbocycles. The van der Waals surface area contributed by atoms with E-state index in [0.29, 0.717) is 6.42 Å². The zero-order valence-corrected chi connectivity index (χ0v) is 8.87. The van der Waals surface area contributed by atoms with Crippen LogP contribution in [0.15, 0.2) is 30.3 Å². The van der Waals surface area contributed by atoms with Crippen molar-refractivity contribution in [2.75, 3.05) is 5.75 Å². The molecule has 0 aliphatic carbocycles. The molecule has 0 aliphatic heterocycles. The lowest BCUT2D eigenvalue weighted by Crippen LogP contribution is -1.85. The van der Waals surface area contributed by atoms with Crippen LogP contribution in [-0.2, 0) is 6.42 Å². The fraction of sp³-hybridized carbons (Fsp3) is 0.250. The van der Waals surface area contributed by atoms with Gasteiger partial charge in [0, 0.05) is 0 Å². The number of rotatable bonds is 4. The maximum absolute atomic E-state index is 8.63. The van der Waals surface area contributed by atoms with Crippen molar-refractivity contribution < 1.29 is 0 Å². The monoisotopic (exact) mass is 203 g/mol. The molecule has 14 heavy (non-hydrogen) atoms. The normalized spacial score (nSPS) is 10.3. The Hall–Kier alpha value is -1.20. The Morgan fingerprint density at radius 1 is 1.36 bits per heavy atom. The zero-order valence-electron chi connectivity index (χ0n) is 7.98. The Kier molecular flexibility index (Phi) is 4.88. The van der Waals surface area contributed by atoms with Gasteiger partial charge in [-0.1, -0.05) is 36.4 Å². The first-order valence-corrected chi connectivity index (χ1v) is 5.24. The van der Waals surface area contributed by atoms with Crippen LogP contribution in [0.3, 0.4) is 0 Å². The predicted molar refractivity (Wildman–Crippen MR) is 63.3 cm³/mol. The second kappa shape index (κ2) is 6.28. The molecule has 0 heterocycles. The van der Waals surface area contributed by atoms with Crippen LogP contribution in [0.1, 0.15) is 17.5 Å². The number of nitrogens with zero attached hydrogens (tertiary/aromatic N) is 1. The SMILES string of the molecule is N#CCc1ccccc1C=CCCS. The Morgan fingerprint density at radius 2 is 2.14 bits per heavy atom. The van der Waals surface area contributed by atoms with E-state index < -0.39 is 0 Å². The van der Waals surface area contributed by atoms with Crippen molar-refractivity contribution in [1.29, 1.82) is 5.26 Å². The third-order valence-corrected chi connectivity index (χ3v) is 2.18. The molecular weight excluding hydrogens is 190 g/mol. The van der Waals surface area contributed by atoms with Gasteiger partial charge in [-0.3, -0.25) is 0 Å². The molecule has 0 amide bonds. The van der Waals surface area contributed by atoms with E-state index >= 15 is 0 Å². The van der Waals surface area contributed by atoms with Crippen LogP contribution in [0.2, 0.25) is 0 Å². The van der Waals surface area contributed by atoms with Crippen LogP contribution < -0.4 is 0 Å². The summed E-state index contributed by atoms with van der Waals surface area (Å²) in [4.78, 5) is 0. The molecule has 1 nitrogen and oxygen atoms in total. The van der Waals surface area contributed by atoms with Crippen LogP contribution in [0.5, 0.6) is 0 Å². The van der Waals surface area contributed by atoms with Crippen LogP contribution in [0, 0.1) is 11.3 Å². The van der Waals surface area contributed by atoms with Crippen LogP contribution in [0.4, 0.5) is 0 Å². The fourth-order valence-electron chi connectivity index (χ4n) is 1.23. The van der Waals surface area contributed by atoms with E-state index in [0.717, 1.165) is 23.3 Å². The summed E-state index contributed by atoms with van der Waals surface area (Å²) < 4.78 is 0. The van der Waals surface area contributed by atoms with Gasteiger partial charge in [-0.2, -0.15) is 17.9 Å². The minimum absolute atomic E-state index is 0.474. The smallest absolute Gasteiger partial charge is 0.0669 e. The summed E-state index contributed by atoms with van der Waals surface area (Å²) in [5.74, 6) is 0.858. The molecule has 1 aromatic rings. The maximum atomic E-state index is 8.63. The molecule has 0 atom stereocenters. The molecule has 72 valence electrons. The Bertz CT molecular complexity index is 350. The predicted octanol–water partition coefficient (Wildman–Crippen LogP) is 3.09. The highest BCUT2D eigenvalue weighted by atomic mass is 32.1. The lowest BCUT2D eigenvalue weighted by atomic mass is 10.0. The number of benzene rings is 1. The van der Waals surface area contributed by atoms with Gasteiger partial charge in [0.15, 0.2) is 0 Å². The Morgan fingerprint density at radius 3 is 2.86 bits per heavy atom. The number of allylic oxidation sites excluding steroid dienone is 1. The summed E-state index contributed by atoms with van der Waals surface area (Å²) in [7, 11) is 0. The Balaban J connectivity index is 2.79. The van der Waals surface area contributed by atoms with Crippen molar-refractivity contribution in [2.45, 2.75) is 12.8 Å². The molecule has 0 fully saturated rings. The summed E-state index contributed by atoms with van der Waals surface area (Å²) >= 11 is 4.13. The van der Waals surface area contributed by atoms with Gasteiger partial charge in [-0.05, 0) is 23.3 Å². The molecule has 0 saturated heterocycles. The van der Waals surface area contributed by atoms with Gasteiger partial charge in [0.1, 0.15) is 0 Å². The van der Waals surface area contributed by atoms with Gasteiger partial charge in [-0.25, -0.2) is 0 Å². The number of thiol groups is 1. The average molecular weight is 203 g/mol. The minimum atomic E-state index is 0.474. The van der Waals surface area contributed by atoms with E-state index in [-0.39, 0.29) is 0 Å². The van der Waals surface area contributed by atoms with E-state index in [1.54, 1.807) is 0 Å². The van der Waals surface area contributed by atoms with Crippen LogP contribution in [0.25, 0.3) is 6.08 Å². The standard InChI is InChI=1S/C12H13NS/c13-9-8-12-6-2-1-5-11(12)7-3-4-10-14/h1-3,5-7,14H,4,8,10H2. The molecular formula is C12H13NS. The molecule has 0 bridgehead atoms. The molecule has 2 heteroatoms. The van der Waals surface area contributed by atoms with Gasteiger partial charge < -0.3 is 0 Å². The summed E-state index contributed by atoms with van der Waals surface area (Å²) in [5.41, 5.74) is 2.22. The molecule has 0 N–H and O–H groups in total. The van der Waals surface area contributed by atoms with E-state index in [9.17, 15) is 0 Å². The average Bonchev–Trinajstić information content (AvgIpc) is 2.21. The quantitative estimate of drug-likeness (QED) is 0.747. The van der Waals surface area contributed by atoms with Crippen molar-refractivity contribution in [1.82, 2.24) is 0 Å². The first-order chi connectivity index (χ1) is 6.88. The van der Waals surface area contributed by atoms with E-state index in [4.69, 9.17) is 5.26 Å². The highest BCUT2D eigenvalue weighted by Crippen LogP contribution is 2.11. The topological polar surface area (TPSA) is 23.8 Å². The van der Waals surface area contributed by atoms with E-state index in [1.165, 1.54) is 0 Å². The van der Waals surface area contributed by atoms with Gasteiger partial charge >= 0.3 is 0 Å². The van der Waals surface area contributed by atoms with Gasteiger partial charge in [0.25, 0.3) is 0 Å². The molecule has 0 aromatic heterocycles. The molecule has 0 spiro atoms. The second-order valence-corrected chi connectivity index (χ2v) is 3.40. The maximum Gasteiger partial charge on any atom is 0.0669 e. The number of hydrogen-bond acceptors (Lipinski definition) is 2. The lowest BCUT2D eigenvalue weighted by Gasteiger charge is -2.00. The number of nitriles is 1. The molecule has 0 aliphatic rings. The van der Waals surface area contributed by atoms with Gasteiger partial charge in [-0.15, -0.1) is 0 Å². The first-order valence-electron chi connectivity index (χ1n) is 4.60. The third-order valence-electron chi connectivity index (χ3n) is 1.92. The van der Waals surface area contributed by atoms with Gasteiger partial charge in [0.05, 0.1) is 12.5 Å². The van der Waals surface area contributed by atoms with Crippen molar-refractivity contribution in [3.8, 4) is 6.07 Å². The molecule has 1 rings (SSSR count). The molecule has 0 saturated carbocycles. The fourth-order valence-corrected chi connectivity index (χ4v) is 1.38. The minimum Gasteiger partial charge on any atom is -0.198 e.